The second kappa shape index (κ2) is 5.33. The zero-order valence-corrected chi connectivity index (χ0v) is 11.0. The van der Waals surface area contributed by atoms with Crippen molar-refractivity contribution in [3.63, 3.8) is 0 Å². The van der Waals surface area contributed by atoms with E-state index in [1.807, 2.05) is 6.07 Å². The van der Waals surface area contributed by atoms with E-state index < -0.39 is 12.1 Å². The molecule has 0 spiro atoms. The van der Waals surface area contributed by atoms with E-state index in [-0.39, 0.29) is 22.8 Å². The van der Waals surface area contributed by atoms with Crippen LogP contribution in [-0.4, -0.2) is 16.6 Å². The van der Waals surface area contributed by atoms with Gasteiger partial charge in [-0.25, -0.2) is 4.79 Å². The second-order valence-corrected chi connectivity index (χ2v) is 4.09. The van der Waals surface area contributed by atoms with Crippen LogP contribution in [0.2, 0.25) is 0 Å². The molecule has 0 saturated heterocycles. The number of hydrogen-bond acceptors (Lipinski definition) is 5. The van der Waals surface area contributed by atoms with Gasteiger partial charge in [0.15, 0.2) is 6.10 Å². The predicted octanol–water partition coefficient (Wildman–Crippen LogP) is 2.32. The van der Waals surface area contributed by atoms with Crippen LogP contribution in [0, 0.1) is 29.6 Å². The number of nitriles is 2. The van der Waals surface area contributed by atoms with Gasteiger partial charge in [-0.15, -0.1) is 0 Å². The molecule has 0 bridgehead atoms. The van der Waals surface area contributed by atoms with Crippen molar-refractivity contribution in [2.45, 2.75) is 20.0 Å². The van der Waals surface area contributed by atoms with Crippen molar-refractivity contribution in [2.75, 3.05) is 0 Å². The highest BCUT2D eigenvalue weighted by Crippen LogP contribution is 2.26. The highest BCUT2D eigenvalue weighted by atomic mass is 16.5. The van der Waals surface area contributed by atoms with Gasteiger partial charge in [0.05, 0.1) is 0 Å². The normalized spacial score (nSPS) is 11.4. The van der Waals surface area contributed by atoms with Crippen LogP contribution < -0.4 is 0 Å². The SMILES string of the molecule is Cc1oc(-n2cccc2)c(C#N)c1C(=O)O[C@@H](C)C#N. The fourth-order valence-corrected chi connectivity index (χ4v) is 1.78. The number of rotatable bonds is 3. The molecule has 0 saturated carbocycles. The van der Waals surface area contributed by atoms with Gasteiger partial charge in [0, 0.05) is 12.4 Å². The summed E-state index contributed by atoms with van der Waals surface area (Å²) in [5.74, 6) is -0.206. The molecule has 0 amide bonds. The Labute approximate surface area is 115 Å². The number of ether oxygens (including phenoxy) is 1. The molecule has 2 rings (SSSR count). The summed E-state index contributed by atoms with van der Waals surface area (Å²) in [5, 5.41) is 17.9. The predicted molar refractivity (Wildman–Crippen MR) is 68.0 cm³/mol. The van der Waals surface area contributed by atoms with Gasteiger partial charge >= 0.3 is 5.97 Å². The van der Waals surface area contributed by atoms with Crippen LogP contribution in [0.4, 0.5) is 0 Å². The van der Waals surface area contributed by atoms with Crippen molar-refractivity contribution in [1.29, 1.82) is 10.5 Å². The number of nitrogens with zero attached hydrogens (tertiary/aromatic N) is 3. The molecule has 100 valence electrons. The zero-order valence-electron chi connectivity index (χ0n) is 11.0. The van der Waals surface area contributed by atoms with Gasteiger partial charge in [0.1, 0.15) is 29.0 Å². The molecule has 1 atom stereocenters. The first-order valence-corrected chi connectivity index (χ1v) is 5.86. The van der Waals surface area contributed by atoms with E-state index in [2.05, 4.69) is 0 Å². The Hall–Kier alpha value is -2.99. The Morgan fingerprint density at radius 2 is 2.05 bits per heavy atom. The Morgan fingerprint density at radius 3 is 2.60 bits per heavy atom. The van der Waals surface area contributed by atoms with Gasteiger partial charge < -0.3 is 9.15 Å². The van der Waals surface area contributed by atoms with Crippen LogP contribution in [0.3, 0.4) is 0 Å². The maximum Gasteiger partial charge on any atom is 0.344 e. The molecule has 0 unspecified atom stereocenters. The lowest BCUT2D eigenvalue weighted by atomic mass is 10.1. The minimum atomic E-state index is -0.890. The Morgan fingerprint density at radius 1 is 1.40 bits per heavy atom. The summed E-state index contributed by atoms with van der Waals surface area (Å²) in [6.45, 7) is 3.02. The van der Waals surface area contributed by atoms with Gasteiger partial charge in [-0.05, 0) is 26.0 Å². The summed E-state index contributed by atoms with van der Waals surface area (Å²) in [5.41, 5.74) is 0.145. The van der Waals surface area contributed by atoms with Gasteiger partial charge in [-0.1, -0.05) is 0 Å². The minimum Gasteiger partial charge on any atom is -0.444 e. The minimum absolute atomic E-state index is 0.0540. The monoisotopic (exact) mass is 269 g/mol. The number of hydrogen-bond donors (Lipinski definition) is 0. The Kier molecular flexibility index (Phi) is 3.58. The van der Waals surface area contributed by atoms with E-state index in [9.17, 15) is 10.1 Å². The maximum atomic E-state index is 12.0. The van der Waals surface area contributed by atoms with E-state index in [4.69, 9.17) is 14.4 Å². The molecule has 0 fully saturated rings. The second-order valence-electron chi connectivity index (χ2n) is 4.09. The molecule has 0 aliphatic carbocycles. The fourth-order valence-electron chi connectivity index (χ4n) is 1.78. The largest absolute Gasteiger partial charge is 0.444 e. The van der Waals surface area contributed by atoms with E-state index in [1.165, 1.54) is 6.92 Å². The first-order chi connectivity index (χ1) is 9.58. The van der Waals surface area contributed by atoms with E-state index in [0.717, 1.165) is 0 Å². The van der Waals surface area contributed by atoms with Crippen LogP contribution in [0.25, 0.3) is 5.88 Å². The lowest BCUT2D eigenvalue weighted by Gasteiger charge is -2.04. The highest BCUT2D eigenvalue weighted by molar-refractivity contribution is 5.94. The molecule has 0 radical (unpaired) electrons. The summed E-state index contributed by atoms with van der Waals surface area (Å²) in [6.07, 6.45) is 2.51. The average Bonchev–Trinajstić information content (AvgIpc) is 3.04. The molecule has 2 aromatic heterocycles. The third-order valence-electron chi connectivity index (χ3n) is 2.69. The Balaban J connectivity index is 2.48. The molecule has 2 heterocycles. The molecule has 6 heteroatoms. The summed E-state index contributed by atoms with van der Waals surface area (Å²) >= 11 is 0. The molecular weight excluding hydrogens is 258 g/mol. The number of carbonyl (C=O) groups excluding carboxylic acids is 1. The van der Waals surface area contributed by atoms with Crippen LogP contribution in [0.5, 0.6) is 0 Å². The summed E-state index contributed by atoms with van der Waals surface area (Å²) in [6, 6.07) is 7.29. The van der Waals surface area contributed by atoms with Gasteiger partial charge in [-0.3, -0.25) is 4.57 Å². The van der Waals surface area contributed by atoms with Crippen molar-refractivity contribution >= 4 is 5.97 Å². The molecule has 20 heavy (non-hydrogen) atoms. The Bertz CT molecular complexity index is 714. The van der Waals surface area contributed by atoms with Crippen molar-refractivity contribution in [1.82, 2.24) is 4.57 Å². The maximum absolute atomic E-state index is 12.0. The first kappa shape index (κ1) is 13.4. The number of aromatic nitrogens is 1. The van der Waals surface area contributed by atoms with E-state index >= 15 is 0 Å². The number of furan rings is 1. The van der Waals surface area contributed by atoms with Crippen LogP contribution in [0.15, 0.2) is 28.9 Å². The van der Waals surface area contributed by atoms with Crippen molar-refractivity contribution in [2.24, 2.45) is 0 Å². The van der Waals surface area contributed by atoms with Crippen LogP contribution in [0.1, 0.15) is 28.6 Å². The van der Waals surface area contributed by atoms with E-state index in [1.54, 1.807) is 42.1 Å². The summed E-state index contributed by atoms with van der Waals surface area (Å²) in [7, 11) is 0. The summed E-state index contributed by atoms with van der Waals surface area (Å²) in [4.78, 5) is 12.0. The van der Waals surface area contributed by atoms with Crippen molar-refractivity contribution in [3.8, 4) is 18.0 Å². The zero-order chi connectivity index (χ0) is 14.7. The lowest BCUT2D eigenvalue weighted by Crippen LogP contribution is -2.14. The number of esters is 1. The topological polar surface area (TPSA) is 91.9 Å². The molecule has 0 aromatic carbocycles. The van der Waals surface area contributed by atoms with Crippen molar-refractivity contribution < 1.29 is 13.9 Å². The number of aryl methyl sites for hydroxylation is 1. The third-order valence-corrected chi connectivity index (χ3v) is 2.69. The third kappa shape index (κ3) is 2.27. The molecule has 0 aliphatic heterocycles. The van der Waals surface area contributed by atoms with Crippen LogP contribution in [-0.2, 0) is 4.74 Å². The standard InChI is InChI=1S/C14H11N3O3/c1-9(7-15)19-14(18)12-10(2)20-13(11(12)8-16)17-5-3-4-6-17/h3-6,9H,1-2H3/t9-/m0/s1. The van der Waals surface area contributed by atoms with Gasteiger partial charge in [0.25, 0.3) is 0 Å². The average molecular weight is 269 g/mol. The summed E-state index contributed by atoms with van der Waals surface area (Å²) < 4.78 is 12.0. The smallest absolute Gasteiger partial charge is 0.344 e. The highest BCUT2D eigenvalue weighted by Gasteiger charge is 2.26. The van der Waals surface area contributed by atoms with E-state index in [0.29, 0.717) is 0 Å². The van der Waals surface area contributed by atoms with Gasteiger partial charge in [-0.2, -0.15) is 10.5 Å². The molecule has 2 aromatic rings. The number of carbonyl (C=O) groups is 1. The molecular formula is C14H11N3O3. The fraction of sp³-hybridized carbons (Fsp3) is 0.214. The van der Waals surface area contributed by atoms with Crippen LogP contribution >= 0.6 is 0 Å². The quantitative estimate of drug-likeness (QED) is 0.797. The molecule has 0 aliphatic rings. The van der Waals surface area contributed by atoms with Gasteiger partial charge in [0.2, 0.25) is 5.88 Å². The first-order valence-electron chi connectivity index (χ1n) is 5.86. The van der Waals surface area contributed by atoms with Crippen molar-refractivity contribution in [3.05, 3.63) is 41.4 Å². The molecule has 6 nitrogen and oxygen atoms in total. The molecule has 0 N–H and O–H groups in total. The lowest BCUT2D eigenvalue weighted by molar-refractivity contribution is 0.0433.